The van der Waals surface area contributed by atoms with Crippen LogP contribution in [0.5, 0.6) is 0 Å². The lowest BCUT2D eigenvalue weighted by molar-refractivity contribution is -0.141. The van der Waals surface area contributed by atoms with Gasteiger partial charge in [-0.15, -0.1) is 0 Å². The van der Waals surface area contributed by atoms with Crippen molar-refractivity contribution in [3.8, 4) is 0 Å². The Labute approximate surface area is 93.6 Å². The fourth-order valence-corrected chi connectivity index (χ4v) is 1.35. The summed E-state index contributed by atoms with van der Waals surface area (Å²) in [4.78, 5) is 12.8. The second-order valence-electron chi connectivity index (χ2n) is 4.07. The minimum atomic E-state index is -4.29. The largest absolute Gasteiger partial charge is 0.449 e. The van der Waals surface area contributed by atoms with E-state index in [2.05, 4.69) is 4.74 Å². The van der Waals surface area contributed by atoms with E-state index in [0.29, 0.717) is 0 Å². The molecule has 1 amide bonds. The number of halogens is 3. The maximum absolute atomic E-state index is 11.8. The Hall–Kier alpha value is -0.940. The highest BCUT2D eigenvalue weighted by atomic mass is 19.4. The third-order valence-electron chi connectivity index (χ3n) is 1.93. The number of carbonyl (C=O) groups excluding carboxylic acids is 1. The lowest BCUT2D eigenvalue weighted by Crippen LogP contribution is -2.42. The molecule has 0 atom stereocenters. The Bertz CT molecular complexity index is 219. The smallest absolute Gasteiger partial charge is 0.410 e. The average Bonchev–Trinajstić information content (AvgIpc) is 1.99. The highest BCUT2D eigenvalue weighted by molar-refractivity contribution is 5.68. The molecule has 3 nitrogen and oxygen atoms in total. The van der Waals surface area contributed by atoms with Gasteiger partial charge < -0.3 is 9.64 Å². The monoisotopic (exact) mass is 241 g/mol. The summed E-state index contributed by atoms with van der Waals surface area (Å²) >= 11 is 0. The second kappa shape index (κ2) is 5.96. The van der Waals surface area contributed by atoms with Gasteiger partial charge in [0.25, 0.3) is 0 Å². The molecule has 0 rings (SSSR count). The molecular weight excluding hydrogens is 223 g/mol. The molecule has 0 unspecified atom stereocenters. The first-order valence-corrected chi connectivity index (χ1v) is 5.17. The lowest BCUT2D eigenvalue weighted by Gasteiger charge is -2.29. The van der Waals surface area contributed by atoms with E-state index < -0.39 is 25.3 Å². The summed E-state index contributed by atoms with van der Waals surface area (Å²) in [6.45, 7) is 6.50. The highest BCUT2D eigenvalue weighted by Gasteiger charge is 2.28. The summed E-state index contributed by atoms with van der Waals surface area (Å²) in [6, 6.07) is -0.197. The van der Waals surface area contributed by atoms with Gasteiger partial charge in [-0.05, 0) is 27.7 Å². The van der Waals surface area contributed by atoms with Crippen LogP contribution >= 0.6 is 0 Å². The molecule has 0 aromatic heterocycles. The average molecular weight is 241 g/mol. The van der Waals surface area contributed by atoms with Gasteiger partial charge in [0.1, 0.15) is 6.61 Å². The Morgan fingerprint density at radius 1 is 1.19 bits per heavy atom. The fraction of sp³-hybridized carbons (Fsp3) is 0.900. The number of nitrogens with zero attached hydrogens (tertiary/aromatic N) is 1. The van der Waals surface area contributed by atoms with Crippen molar-refractivity contribution >= 4 is 6.09 Å². The van der Waals surface area contributed by atoms with Crippen LogP contribution in [-0.2, 0) is 4.74 Å². The number of amides is 1. The quantitative estimate of drug-likeness (QED) is 0.756. The first kappa shape index (κ1) is 15.1. The molecule has 0 aliphatic carbocycles. The van der Waals surface area contributed by atoms with Gasteiger partial charge in [-0.2, -0.15) is 13.2 Å². The molecule has 0 radical (unpaired) electrons. The van der Waals surface area contributed by atoms with Crippen LogP contribution in [0, 0.1) is 0 Å². The van der Waals surface area contributed by atoms with Crippen LogP contribution in [0.3, 0.4) is 0 Å². The Balaban J connectivity index is 4.13. The predicted octanol–water partition coefficient (Wildman–Crippen LogP) is 3.19. The molecule has 0 aromatic carbocycles. The molecule has 0 aromatic rings. The van der Waals surface area contributed by atoms with Crippen molar-refractivity contribution in [2.24, 2.45) is 0 Å². The fourth-order valence-electron chi connectivity index (χ4n) is 1.35. The van der Waals surface area contributed by atoms with Crippen molar-refractivity contribution in [2.75, 3.05) is 6.61 Å². The molecule has 0 saturated heterocycles. The first-order chi connectivity index (χ1) is 7.15. The van der Waals surface area contributed by atoms with Gasteiger partial charge in [-0.1, -0.05) is 0 Å². The van der Waals surface area contributed by atoms with E-state index in [1.54, 1.807) is 27.7 Å². The van der Waals surface area contributed by atoms with Gasteiger partial charge in [-0.3, -0.25) is 0 Å². The summed E-state index contributed by atoms with van der Waals surface area (Å²) in [5.74, 6) is 0. The van der Waals surface area contributed by atoms with Crippen molar-refractivity contribution in [1.82, 2.24) is 4.90 Å². The SMILES string of the molecule is CC(C)N(C(=O)OCCC(F)(F)F)C(C)C. The number of rotatable bonds is 4. The van der Waals surface area contributed by atoms with E-state index in [4.69, 9.17) is 0 Å². The summed E-state index contributed by atoms with van der Waals surface area (Å²) in [5, 5.41) is 0. The summed E-state index contributed by atoms with van der Waals surface area (Å²) < 4.78 is 40.0. The van der Waals surface area contributed by atoms with Crippen molar-refractivity contribution in [2.45, 2.75) is 52.4 Å². The maximum atomic E-state index is 11.8. The molecule has 0 saturated carbocycles. The standard InChI is InChI=1S/C10H18F3NO2/c1-7(2)14(8(3)4)9(15)16-6-5-10(11,12)13/h7-8H,5-6H2,1-4H3. The van der Waals surface area contributed by atoms with Crippen LogP contribution < -0.4 is 0 Å². The molecule has 0 N–H and O–H groups in total. The molecule has 0 spiro atoms. The van der Waals surface area contributed by atoms with Crippen molar-refractivity contribution < 1.29 is 22.7 Å². The van der Waals surface area contributed by atoms with E-state index in [1.165, 1.54) is 4.90 Å². The van der Waals surface area contributed by atoms with Crippen LogP contribution in [-0.4, -0.2) is 35.9 Å². The Kier molecular flexibility index (Phi) is 5.61. The highest BCUT2D eigenvalue weighted by Crippen LogP contribution is 2.19. The van der Waals surface area contributed by atoms with E-state index >= 15 is 0 Å². The van der Waals surface area contributed by atoms with Crippen molar-refractivity contribution in [1.29, 1.82) is 0 Å². The van der Waals surface area contributed by atoms with Gasteiger partial charge in [0, 0.05) is 12.1 Å². The van der Waals surface area contributed by atoms with Crippen molar-refractivity contribution in [3.05, 3.63) is 0 Å². The molecular formula is C10H18F3NO2. The maximum Gasteiger partial charge on any atom is 0.410 e. The normalized spacial score (nSPS) is 12.1. The van der Waals surface area contributed by atoms with E-state index in [-0.39, 0.29) is 12.1 Å². The van der Waals surface area contributed by atoms with Crippen LogP contribution in [0.1, 0.15) is 34.1 Å². The number of carbonyl (C=O) groups is 1. The lowest BCUT2D eigenvalue weighted by atomic mass is 10.2. The van der Waals surface area contributed by atoms with Crippen molar-refractivity contribution in [3.63, 3.8) is 0 Å². The summed E-state index contributed by atoms with van der Waals surface area (Å²) in [6.07, 6.45) is -6.10. The van der Waals surface area contributed by atoms with Gasteiger partial charge >= 0.3 is 12.3 Å². The van der Waals surface area contributed by atoms with Crippen LogP contribution in [0.15, 0.2) is 0 Å². The minimum Gasteiger partial charge on any atom is -0.449 e. The molecule has 6 heteroatoms. The number of hydrogen-bond donors (Lipinski definition) is 0. The van der Waals surface area contributed by atoms with Gasteiger partial charge in [0.15, 0.2) is 0 Å². The third kappa shape index (κ3) is 5.82. The molecule has 0 aliphatic heterocycles. The predicted molar refractivity (Wildman–Crippen MR) is 54.1 cm³/mol. The Morgan fingerprint density at radius 2 is 1.62 bits per heavy atom. The zero-order valence-corrected chi connectivity index (χ0v) is 9.97. The number of ether oxygens (including phenoxy) is 1. The number of hydrogen-bond acceptors (Lipinski definition) is 2. The molecule has 0 fully saturated rings. The van der Waals surface area contributed by atoms with Gasteiger partial charge in [-0.25, -0.2) is 4.79 Å². The van der Waals surface area contributed by atoms with Crippen LogP contribution in [0.25, 0.3) is 0 Å². The molecule has 0 heterocycles. The second-order valence-corrected chi connectivity index (χ2v) is 4.07. The van der Waals surface area contributed by atoms with E-state index in [1.807, 2.05) is 0 Å². The zero-order chi connectivity index (χ0) is 12.9. The summed E-state index contributed by atoms with van der Waals surface area (Å²) in [7, 11) is 0. The van der Waals surface area contributed by atoms with Gasteiger partial charge in [0.2, 0.25) is 0 Å². The first-order valence-electron chi connectivity index (χ1n) is 5.17. The van der Waals surface area contributed by atoms with E-state index in [9.17, 15) is 18.0 Å². The zero-order valence-electron chi connectivity index (χ0n) is 9.97. The topological polar surface area (TPSA) is 29.5 Å². The van der Waals surface area contributed by atoms with E-state index in [0.717, 1.165) is 0 Å². The van der Waals surface area contributed by atoms with Gasteiger partial charge in [0.05, 0.1) is 6.42 Å². The minimum absolute atomic E-state index is 0.0987. The Morgan fingerprint density at radius 3 is 1.94 bits per heavy atom. The molecule has 96 valence electrons. The summed E-state index contributed by atoms with van der Waals surface area (Å²) in [5.41, 5.74) is 0. The molecule has 0 bridgehead atoms. The molecule has 16 heavy (non-hydrogen) atoms. The van der Waals surface area contributed by atoms with Crippen LogP contribution in [0.2, 0.25) is 0 Å². The molecule has 0 aliphatic rings. The third-order valence-corrected chi connectivity index (χ3v) is 1.93. The van der Waals surface area contributed by atoms with Crippen LogP contribution in [0.4, 0.5) is 18.0 Å². The number of alkyl halides is 3.